The predicted molar refractivity (Wildman–Crippen MR) is 46.4 cm³/mol. The van der Waals surface area contributed by atoms with Gasteiger partial charge in [0.1, 0.15) is 5.54 Å². The van der Waals surface area contributed by atoms with Crippen molar-refractivity contribution in [2.45, 2.75) is 18.4 Å². The van der Waals surface area contributed by atoms with E-state index in [-0.39, 0.29) is 11.5 Å². The van der Waals surface area contributed by atoms with E-state index in [1.807, 2.05) is 0 Å². The Balaban J connectivity index is 2.01. The normalized spacial score (nSPS) is 26.8. The third kappa shape index (κ3) is 1.44. The molecule has 0 aromatic carbocycles. The minimum atomic E-state index is -0.279. The molecule has 0 radical (unpaired) electrons. The Labute approximate surface area is 77.8 Å². The molecule has 2 rings (SSSR count). The summed E-state index contributed by atoms with van der Waals surface area (Å²) < 4.78 is 10.1. The summed E-state index contributed by atoms with van der Waals surface area (Å²) >= 11 is 0. The zero-order chi connectivity index (χ0) is 9.31. The van der Waals surface area contributed by atoms with E-state index in [1.165, 1.54) is 7.11 Å². The molecule has 13 heavy (non-hydrogen) atoms. The minimum absolute atomic E-state index is 0.0746. The van der Waals surface area contributed by atoms with Crippen LogP contribution in [0.25, 0.3) is 0 Å². The van der Waals surface area contributed by atoms with Crippen LogP contribution in [0, 0.1) is 0 Å². The highest BCUT2D eigenvalue weighted by Gasteiger charge is 2.55. The van der Waals surface area contributed by atoms with Gasteiger partial charge in [-0.1, -0.05) is 0 Å². The average molecular weight is 185 g/mol. The van der Waals surface area contributed by atoms with Crippen LogP contribution < -0.4 is 0 Å². The van der Waals surface area contributed by atoms with Gasteiger partial charge < -0.3 is 9.47 Å². The number of morpholine rings is 1. The Morgan fingerprint density at radius 3 is 2.46 bits per heavy atom. The number of carbonyl (C=O) groups is 1. The maximum Gasteiger partial charge on any atom is 0.326 e. The summed E-state index contributed by atoms with van der Waals surface area (Å²) in [6.07, 6.45) is 1.89. The average Bonchev–Trinajstić information content (AvgIpc) is 2.99. The molecule has 0 unspecified atom stereocenters. The summed E-state index contributed by atoms with van der Waals surface area (Å²) in [6, 6.07) is 0. The van der Waals surface area contributed by atoms with Crippen molar-refractivity contribution in [1.29, 1.82) is 0 Å². The fraction of sp³-hybridized carbons (Fsp3) is 0.889. The zero-order valence-electron chi connectivity index (χ0n) is 7.91. The quantitative estimate of drug-likeness (QED) is 0.569. The van der Waals surface area contributed by atoms with E-state index in [2.05, 4.69) is 4.90 Å². The van der Waals surface area contributed by atoms with Gasteiger partial charge in [0.05, 0.1) is 20.3 Å². The lowest BCUT2D eigenvalue weighted by Gasteiger charge is -2.32. The van der Waals surface area contributed by atoms with Gasteiger partial charge in [-0.25, -0.2) is 0 Å². The number of carbonyl (C=O) groups excluding carboxylic acids is 1. The molecule has 1 heterocycles. The minimum Gasteiger partial charge on any atom is -0.468 e. The molecular formula is C9H15NO3. The molecule has 2 fully saturated rings. The van der Waals surface area contributed by atoms with Gasteiger partial charge in [-0.2, -0.15) is 0 Å². The molecule has 0 atom stereocenters. The molecule has 1 aliphatic carbocycles. The number of methoxy groups -OCH3 is 1. The van der Waals surface area contributed by atoms with Crippen molar-refractivity contribution >= 4 is 5.97 Å². The van der Waals surface area contributed by atoms with Gasteiger partial charge >= 0.3 is 5.97 Å². The van der Waals surface area contributed by atoms with Gasteiger partial charge in [-0.05, 0) is 12.8 Å². The molecular weight excluding hydrogens is 170 g/mol. The lowest BCUT2D eigenvalue weighted by Crippen LogP contribution is -2.49. The number of ether oxygens (including phenoxy) is 2. The van der Waals surface area contributed by atoms with Crippen LogP contribution in [0.3, 0.4) is 0 Å². The molecule has 0 aromatic heterocycles. The van der Waals surface area contributed by atoms with Gasteiger partial charge in [-0.15, -0.1) is 0 Å². The summed E-state index contributed by atoms with van der Waals surface area (Å²) in [5, 5.41) is 0. The highest BCUT2D eigenvalue weighted by atomic mass is 16.5. The monoisotopic (exact) mass is 185 g/mol. The summed E-state index contributed by atoms with van der Waals surface area (Å²) in [5.74, 6) is -0.0746. The van der Waals surface area contributed by atoms with E-state index in [0.717, 1.165) is 39.1 Å². The number of esters is 1. The third-order valence-corrected chi connectivity index (χ3v) is 2.91. The fourth-order valence-corrected chi connectivity index (χ4v) is 1.95. The Morgan fingerprint density at radius 2 is 2.00 bits per heavy atom. The van der Waals surface area contributed by atoms with E-state index in [1.54, 1.807) is 0 Å². The van der Waals surface area contributed by atoms with Crippen LogP contribution in [0.5, 0.6) is 0 Å². The Hall–Kier alpha value is -0.610. The van der Waals surface area contributed by atoms with Crippen LogP contribution in [0.1, 0.15) is 12.8 Å². The van der Waals surface area contributed by atoms with Crippen molar-refractivity contribution in [3.63, 3.8) is 0 Å². The molecule has 2 aliphatic rings. The SMILES string of the molecule is COC(=O)C1(N2CCOCC2)CC1. The number of rotatable bonds is 2. The van der Waals surface area contributed by atoms with E-state index in [9.17, 15) is 4.79 Å². The number of nitrogens with zero attached hydrogens (tertiary/aromatic N) is 1. The standard InChI is InChI=1S/C9H15NO3/c1-12-8(11)9(2-3-9)10-4-6-13-7-5-10/h2-7H2,1H3. The molecule has 1 saturated carbocycles. The molecule has 4 nitrogen and oxygen atoms in total. The highest BCUT2D eigenvalue weighted by Crippen LogP contribution is 2.42. The van der Waals surface area contributed by atoms with Crippen molar-refractivity contribution in [3.05, 3.63) is 0 Å². The first-order valence-corrected chi connectivity index (χ1v) is 4.71. The molecule has 0 bridgehead atoms. The lowest BCUT2D eigenvalue weighted by atomic mass is 10.2. The summed E-state index contributed by atoms with van der Waals surface area (Å²) in [7, 11) is 1.46. The van der Waals surface area contributed by atoms with Crippen LogP contribution in [0.15, 0.2) is 0 Å². The van der Waals surface area contributed by atoms with Gasteiger partial charge in [0, 0.05) is 13.1 Å². The van der Waals surface area contributed by atoms with Crippen molar-refractivity contribution in [2.75, 3.05) is 33.4 Å². The van der Waals surface area contributed by atoms with E-state index < -0.39 is 0 Å². The van der Waals surface area contributed by atoms with Crippen LogP contribution in [-0.4, -0.2) is 49.8 Å². The van der Waals surface area contributed by atoms with Gasteiger partial charge in [0.15, 0.2) is 0 Å². The maximum atomic E-state index is 11.5. The second kappa shape index (κ2) is 3.27. The molecule has 74 valence electrons. The van der Waals surface area contributed by atoms with Gasteiger partial charge in [0.25, 0.3) is 0 Å². The maximum absolute atomic E-state index is 11.5. The topological polar surface area (TPSA) is 38.8 Å². The van der Waals surface area contributed by atoms with Crippen molar-refractivity contribution in [3.8, 4) is 0 Å². The second-order valence-electron chi connectivity index (χ2n) is 3.62. The van der Waals surface area contributed by atoms with E-state index in [0.29, 0.717) is 0 Å². The Bertz CT molecular complexity index is 207. The Kier molecular flexibility index (Phi) is 2.26. The van der Waals surface area contributed by atoms with E-state index >= 15 is 0 Å². The van der Waals surface area contributed by atoms with Gasteiger partial charge in [-0.3, -0.25) is 9.69 Å². The van der Waals surface area contributed by atoms with Crippen molar-refractivity contribution in [1.82, 2.24) is 4.90 Å². The first kappa shape index (κ1) is 8.97. The molecule has 0 N–H and O–H groups in total. The largest absolute Gasteiger partial charge is 0.468 e. The summed E-state index contributed by atoms with van der Waals surface area (Å²) in [6.45, 7) is 3.18. The second-order valence-corrected chi connectivity index (χ2v) is 3.62. The molecule has 0 amide bonds. The lowest BCUT2D eigenvalue weighted by molar-refractivity contribution is -0.150. The van der Waals surface area contributed by atoms with Crippen LogP contribution in [-0.2, 0) is 14.3 Å². The molecule has 1 saturated heterocycles. The highest BCUT2D eigenvalue weighted by molar-refractivity contribution is 5.84. The summed E-state index contributed by atoms with van der Waals surface area (Å²) in [5.41, 5.74) is -0.279. The molecule has 4 heteroatoms. The molecule has 0 spiro atoms. The number of hydrogen-bond donors (Lipinski definition) is 0. The predicted octanol–water partition coefficient (Wildman–Crippen LogP) is 0.0242. The van der Waals surface area contributed by atoms with Crippen LogP contribution >= 0.6 is 0 Å². The van der Waals surface area contributed by atoms with Crippen molar-refractivity contribution in [2.24, 2.45) is 0 Å². The zero-order valence-corrected chi connectivity index (χ0v) is 7.91. The molecule has 0 aromatic rings. The van der Waals surface area contributed by atoms with E-state index in [4.69, 9.17) is 9.47 Å². The van der Waals surface area contributed by atoms with Gasteiger partial charge in [0.2, 0.25) is 0 Å². The smallest absolute Gasteiger partial charge is 0.326 e. The Morgan fingerprint density at radius 1 is 1.38 bits per heavy atom. The van der Waals surface area contributed by atoms with Crippen molar-refractivity contribution < 1.29 is 14.3 Å². The van der Waals surface area contributed by atoms with Crippen LogP contribution in [0.4, 0.5) is 0 Å². The summed E-state index contributed by atoms with van der Waals surface area (Å²) in [4.78, 5) is 13.7. The fourth-order valence-electron chi connectivity index (χ4n) is 1.95. The third-order valence-electron chi connectivity index (χ3n) is 2.91. The number of hydrogen-bond acceptors (Lipinski definition) is 4. The first-order valence-electron chi connectivity index (χ1n) is 4.71. The van der Waals surface area contributed by atoms with Crippen LogP contribution in [0.2, 0.25) is 0 Å². The molecule has 1 aliphatic heterocycles. The first-order chi connectivity index (χ1) is 6.29.